The molecule has 0 unspecified atom stereocenters. The van der Waals surface area contributed by atoms with Crippen LogP contribution in [0, 0.1) is 5.82 Å². The fourth-order valence-electron chi connectivity index (χ4n) is 2.31. The minimum absolute atomic E-state index is 0.0994. The summed E-state index contributed by atoms with van der Waals surface area (Å²) in [5.74, 6) is -0.0535. The van der Waals surface area contributed by atoms with Crippen molar-refractivity contribution in [2.24, 2.45) is 0 Å². The first kappa shape index (κ1) is 15.1. The van der Waals surface area contributed by atoms with E-state index in [-0.39, 0.29) is 17.8 Å². The van der Waals surface area contributed by atoms with E-state index in [2.05, 4.69) is 15.6 Å². The third kappa shape index (κ3) is 3.31. The van der Waals surface area contributed by atoms with E-state index in [9.17, 15) is 9.18 Å². The zero-order valence-corrected chi connectivity index (χ0v) is 12.8. The van der Waals surface area contributed by atoms with Gasteiger partial charge in [0.25, 0.3) is 0 Å². The van der Waals surface area contributed by atoms with E-state index in [1.165, 1.54) is 12.3 Å². The fourth-order valence-corrected chi connectivity index (χ4v) is 2.72. The van der Waals surface area contributed by atoms with Gasteiger partial charge in [-0.3, -0.25) is 5.32 Å². The molecule has 1 aliphatic carbocycles. The van der Waals surface area contributed by atoms with Gasteiger partial charge in [0.2, 0.25) is 0 Å². The maximum absolute atomic E-state index is 13.8. The molecule has 1 fully saturated rings. The molecule has 3 rings (SSSR count). The van der Waals surface area contributed by atoms with Crippen molar-refractivity contribution in [3.8, 4) is 0 Å². The third-order valence-corrected chi connectivity index (χ3v) is 4.00. The summed E-state index contributed by atoms with van der Waals surface area (Å²) in [6.45, 7) is 0. The summed E-state index contributed by atoms with van der Waals surface area (Å²) in [4.78, 5) is 15.8. The van der Waals surface area contributed by atoms with Crippen LogP contribution >= 0.6 is 23.2 Å². The van der Waals surface area contributed by atoms with Crippen LogP contribution < -0.4 is 10.6 Å². The molecule has 0 saturated heterocycles. The van der Waals surface area contributed by atoms with E-state index in [4.69, 9.17) is 23.2 Å². The van der Waals surface area contributed by atoms with Gasteiger partial charge in [0.1, 0.15) is 11.6 Å². The lowest BCUT2D eigenvalue weighted by molar-refractivity contribution is 0.251. The van der Waals surface area contributed by atoms with E-state index in [0.29, 0.717) is 27.8 Å². The SMILES string of the molecule is O=C(Nc1ccc(Cl)cn1)N[C@@H]1C[C@@H]1c1c(F)cccc1Cl. The lowest BCUT2D eigenvalue weighted by atomic mass is 10.1. The van der Waals surface area contributed by atoms with Crippen molar-refractivity contribution in [2.45, 2.75) is 18.4 Å². The number of rotatable bonds is 3. The topological polar surface area (TPSA) is 54.0 Å². The molecule has 2 atom stereocenters. The molecule has 1 heterocycles. The van der Waals surface area contributed by atoms with Gasteiger partial charge in [-0.25, -0.2) is 14.2 Å². The molecule has 1 aliphatic rings. The molecule has 1 aromatic heterocycles. The molecule has 7 heteroatoms. The van der Waals surface area contributed by atoms with Crippen LogP contribution in [0.2, 0.25) is 10.0 Å². The summed E-state index contributed by atoms with van der Waals surface area (Å²) < 4.78 is 13.8. The summed E-state index contributed by atoms with van der Waals surface area (Å²) in [7, 11) is 0. The molecule has 0 bridgehead atoms. The van der Waals surface area contributed by atoms with Crippen LogP contribution in [0.5, 0.6) is 0 Å². The Morgan fingerprint density at radius 1 is 1.27 bits per heavy atom. The summed E-state index contributed by atoms with van der Waals surface area (Å²) in [5.41, 5.74) is 0.457. The predicted molar refractivity (Wildman–Crippen MR) is 84.0 cm³/mol. The highest BCUT2D eigenvalue weighted by atomic mass is 35.5. The van der Waals surface area contributed by atoms with Gasteiger partial charge in [-0.2, -0.15) is 0 Å². The second-order valence-corrected chi connectivity index (χ2v) is 5.89. The first-order chi connectivity index (χ1) is 10.5. The summed E-state index contributed by atoms with van der Waals surface area (Å²) in [5, 5.41) is 6.24. The standard InChI is InChI=1S/C15H12Cl2FN3O/c16-8-4-5-13(19-7-8)21-15(22)20-12-6-9(12)14-10(17)2-1-3-11(14)18/h1-5,7,9,12H,6H2,(H2,19,20,21,22)/t9-,12+/m0/s1. The molecule has 22 heavy (non-hydrogen) atoms. The molecule has 1 aromatic carbocycles. The van der Waals surface area contributed by atoms with Crippen LogP contribution in [0.3, 0.4) is 0 Å². The summed E-state index contributed by atoms with van der Waals surface area (Å²) in [6.07, 6.45) is 2.10. The quantitative estimate of drug-likeness (QED) is 0.880. The van der Waals surface area contributed by atoms with Gasteiger partial charge in [-0.15, -0.1) is 0 Å². The van der Waals surface area contributed by atoms with Crippen molar-refractivity contribution in [3.05, 3.63) is 58.0 Å². The van der Waals surface area contributed by atoms with Crippen LogP contribution in [0.4, 0.5) is 15.0 Å². The molecule has 2 aromatic rings. The maximum Gasteiger partial charge on any atom is 0.320 e. The molecule has 114 valence electrons. The zero-order valence-electron chi connectivity index (χ0n) is 11.3. The monoisotopic (exact) mass is 339 g/mol. The van der Waals surface area contributed by atoms with Gasteiger partial charge < -0.3 is 5.32 Å². The number of carbonyl (C=O) groups excluding carboxylic acids is 1. The van der Waals surface area contributed by atoms with Gasteiger partial charge in [0.05, 0.1) is 5.02 Å². The highest BCUT2D eigenvalue weighted by Crippen LogP contribution is 2.44. The number of hydrogen-bond acceptors (Lipinski definition) is 2. The third-order valence-electron chi connectivity index (χ3n) is 3.45. The van der Waals surface area contributed by atoms with Crippen molar-refractivity contribution >= 4 is 35.1 Å². The summed E-state index contributed by atoms with van der Waals surface area (Å²) >= 11 is 11.7. The lowest BCUT2D eigenvalue weighted by Gasteiger charge is -2.08. The Morgan fingerprint density at radius 2 is 2.09 bits per heavy atom. The van der Waals surface area contributed by atoms with Crippen molar-refractivity contribution in [1.29, 1.82) is 0 Å². The fraction of sp³-hybridized carbons (Fsp3) is 0.200. The number of amides is 2. The van der Waals surface area contributed by atoms with E-state index >= 15 is 0 Å². The minimum Gasteiger partial charge on any atom is -0.334 e. The lowest BCUT2D eigenvalue weighted by Crippen LogP contribution is -2.31. The first-order valence-electron chi connectivity index (χ1n) is 6.67. The number of pyridine rings is 1. The van der Waals surface area contributed by atoms with Crippen LogP contribution in [-0.4, -0.2) is 17.1 Å². The second-order valence-electron chi connectivity index (χ2n) is 5.04. The number of anilines is 1. The Hall–Kier alpha value is -1.85. The zero-order chi connectivity index (χ0) is 15.7. The average molecular weight is 340 g/mol. The Bertz CT molecular complexity index is 688. The Kier molecular flexibility index (Phi) is 4.18. The van der Waals surface area contributed by atoms with E-state index in [1.54, 1.807) is 24.3 Å². The Labute approximate surface area is 136 Å². The second kappa shape index (κ2) is 6.10. The molecule has 0 spiro atoms. The predicted octanol–water partition coefficient (Wildman–Crippen LogP) is 4.21. The van der Waals surface area contributed by atoms with Gasteiger partial charge in [0, 0.05) is 28.7 Å². The van der Waals surface area contributed by atoms with Crippen molar-refractivity contribution in [2.75, 3.05) is 5.32 Å². The van der Waals surface area contributed by atoms with Crippen LogP contribution in [0.25, 0.3) is 0 Å². The highest BCUT2D eigenvalue weighted by molar-refractivity contribution is 6.31. The number of nitrogens with zero attached hydrogens (tertiary/aromatic N) is 1. The van der Waals surface area contributed by atoms with Gasteiger partial charge >= 0.3 is 6.03 Å². The molecule has 1 saturated carbocycles. The number of halogens is 3. The molecule has 4 nitrogen and oxygen atoms in total. The number of nitrogens with one attached hydrogen (secondary N) is 2. The first-order valence-corrected chi connectivity index (χ1v) is 7.43. The minimum atomic E-state index is -0.394. The van der Waals surface area contributed by atoms with Crippen LogP contribution in [0.1, 0.15) is 17.9 Å². The van der Waals surface area contributed by atoms with Crippen LogP contribution in [-0.2, 0) is 0 Å². The smallest absolute Gasteiger partial charge is 0.320 e. The van der Waals surface area contributed by atoms with E-state index in [0.717, 1.165) is 0 Å². The molecule has 0 aliphatic heterocycles. The maximum atomic E-state index is 13.8. The average Bonchev–Trinajstić information content (AvgIpc) is 3.20. The van der Waals surface area contributed by atoms with Gasteiger partial charge in [-0.05, 0) is 30.7 Å². The molecular weight excluding hydrogens is 328 g/mol. The molecule has 2 amide bonds. The number of aromatic nitrogens is 1. The van der Waals surface area contributed by atoms with E-state index < -0.39 is 6.03 Å². The summed E-state index contributed by atoms with van der Waals surface area (Å²) in [6, 6.07) is 7.27. The number of urea groups is 1. The van der Waals surface area contributed by atoms with Crippen molar-refractivity contribution in [3.63, 3.8) is 0 Å². The molecule has 0 radical (unpaired) electrons. The van der Waals surface area contributed by atoms with Crippen molar-refractivity contribution in [1.82, 2.24) is 10.3 Å². The number of carbonyl (C=O) groups is 1. The van der Waals surface area contributed by atoms with Crippen LogP contribution in [0.15, 0.2) is 36.5 Å². The van der Waals surface area contributed by atoms with Crippen molar-refractivity contribution < 1.29 is 9.18 Å². The van der Waals surface area contributed by atoms with Gasteiger partial charge in [0.15, 0.2) is 0 Å². The number of benzene rings is 1. The Morgan fingerprint density at radius 3 is 2.77 bits per heavy atom. The molecular formula is C15H12Cl2FN3O. The number of hydrogen-bond donors (Lipinski definition) is 2. The van der Waals surface area contributed by atoms with Gasteiger partial charge in [-0.1, -0.05) is 29.3 Å². The molecule has 2 N–H and O–H groups in total. The van der Waals surface area contributed by atoms with E-state index in [1.807, 2.05) is 0 Å². The largest absolute Gasteiger partial charge is 0.334 e. The highest BCUT2D eigenvalue weighted by Gasteiger charge is 2.42. The Balaban J connectivity index is 1.59. The normalized spacial score (nSPS) is 19.6.